The smallest absolute Gasteiger partial charge is 0.343 e. The molecule has 41 heavy (non-hydrogen) atoms. The van der Waals surface area contributed by atoms with Crippen LogP contribution in [0.3, 0.4) is 0 Å². The van der Waals surface area contributed by atoms with Gasteiger partial charge in [0.1, 0.15) is 11.4 Å². The third-order valence-corrected chi connectivity index (χ3v) is 6.28. The minimum atomic E-state index is -0.680. The van der Waals surface area contributed by atoms with Gasteiger partial charge >= 0.3 is 5.97 Å². The lowest BCUT2D eigenvalue weighted by Crippen LogP contribution is -2.32. The molecule has 2 amide bonds. The number of hydrogen-bond acceptors (Lipinski definition) is 7. The molecule has 0 unspecified atom stereocenters. The topological polar surface area (TPSA) is 115 Å². The Balaban J connectivity index is 1.36. The highest BCUT2D eigenvalue weighted by Gasteiger charge is 2.17. The highest BCUT2D eigenvalue weighted by molar-refractivity contribution is 9.10. The molecule has 0 aromatic heterocycles. The van der Waals surface area contributed by atoms with Crippen molar-refractivity contribution in [2.24, 2.45) is 5.10 Å². The zero-order chi connectivity index (χ0) is 28.6. The molecule has 2 N–H and O–H groups in total. The van der Waals surface area contributed by atoms with Gasteiger partial charge in [0.25, 0.3) is 11.8 Å². The van der Waals surface area contributed by atoms with Gasteiger partial charge in [0.2, 0.25) is 6.79 Å². The summed E-state index contributed by atoms with van der Waals surface area (Å²) in [7, 11) is 0. The van der Waals surface area contributed by atoms with E-state index in [2.05, 4.69) is 31.8 Å². The van der Waals surface area contributed by atoms with Gasteiger partial charge in [0.05, 0.1) is 11.8 Å². The van der Waals surface area contributed by atoms with Crippen molar-refractivity contribution < 1.29 is 28.6 Å². The summed E-state index contributed by atoms with van der Waals surface area (Å²) in [5.41, 5.74) is 4.16. The van der Waals surface area contributed by atoms with Gasteiger partial charge < -0.3 is 19.5 Å². The minimum Gasteiger partial charge on any atom is -0.454 e. The Bertz CT molecular complexity index is 1660. The second-order valence-corrected chi connectivity index (χ2v) is 9.54. The molecule has 4 aromatic carbocycles. The molecule has 0 radical (unpaired) electrons. The molecule has 0 atom stereocenters. The van der Waals surface area contributed by atoms with E-state index in [-0.39, 0.29) is 18.2 Å². The first-order valence-electron chi connectivity index (χ1n) is 12.3. The van der Waals surface area contributed by atoms with E-state index in [1.165, 1.54) is 12.3 Å². The van der Waals surface area contributed by atoms with E-state index in [1.54, 1.807) is 97.1 Å². The van der Waals surface area contributed by atoms with Crippen LogP contribution in [0, 0.1) is 0 Å². The van der Waals surface area contributed by atoms with E-state index in [4.69, 9.17) is 14.2 Å². The van der Waals surface area contributed by atoms with Crippen molar-refractivity contribution in [3.63, 3.8) is 0 Å². The van der Waals surface area contributed by atoms with Crippen LogP contribution in [-0.4, -0.2) is 30.8 Å². The van der Waals surface area contributed by atoms with Crippen LogP contribution in [0.25, 0.3) is 6.08 Å². The largest absolute Gasteiger partial charge is 0.454 e. The van der Waals surface area contributed by atoms with Crippen LogP contribution in [0.2, 0.25) is 0 Å². The Labute approximate surface area is 243 Å². The maximum absolute atomic E-state index is 13.2. The number of rotatable bonds is 8. The fourth-order valence-corrected chi connectivity index (χ4v) is 4.16. The van der Waals surface area contributed by atoms with Crippen molar-refractivity contribution >= 4 is 46.0 Å². The van der Waals surface area contributed by atoms with Gasteiger partial charge in [-0.1, -0.05) is 58.4 Å². The Morgan fingerprint density at radius 1 is 0.829 bits per heavy atom. The molecule has 0 spiro atoms. The van der Waals surface area contributed by atoms with Crippen LogP contribution in [0.4, 0.5) is 0 Å². The van der Waals surface area contributed by atoms with E-state index < -0.39 is 17.8 Å². The fourth-order valence-electron chi connectivity index (χ4n) is 3.78. The molecule has 5 rings (SSSR count). The molecule has 1 aliphatic rings. The summed E-state index contributed by atoms with van der Waals surface area (Å²) in [5.74, 6) is -0.334. The highest BCUT2D eigenvalue weighted by atomic mass is 79.9. The first-order valence-corrected chi connectivity index (χ1v) is 13.1. The molecule has 1 heterocycles. The number of hydrazone groups is 1. The van der Waals surface area contributed by atoms with E-state index >= 15 is 0 Å². The first kappa shape index (κ1) is 27.4. The Hall–Kier alpha value is -5.22. The maximum atomic E-state index is 13.2. The fraction of sp³-hybridized carbons (Fsp3) is 0.0323. The number of ether oxygens (including phenoxy) is 3. The first-order chi connectivity index (χ1) is 20.0. The molecular formula is C31H22BrN3O6. The number of halogens is 1. The second kappa shape index (κ2) is 12.8. The predicted octanol–water partition coefficient (Wildman–Crippen LogP) is 5.32. The van der Waals surface area contributed by atoms with Gasteiger partial charge in [0, 0.05) is 15.6 Å². The summed E-state index contributed by atoms with van der Waals surface area (Å²) in [6.07, 6.45) is 2.84. The Kier molecular flexibility index (Phi) is 8.51. The lowest BCUT2D eigenvalue weighted by molar-refractivity contribution is -0.117. The average molecular weight is 612 g/mol. The number of nitrogens with one attached hydrogen (secondary N) is 2. The number of fused-ring (bicyclic) bond motifs is 1. The minimum absolute atomic E-state index is 0.0557. The second-order valence-electron chi connectivity index (χ2n) is 8.63. The number of nitrogens with zero attached hydrogens (tertiary/aromatic N) is 1. The van der Waals surface area contributed by atoms with Crippen LogP contribution in [-0.2, 0) is 4.79 Å². The van der Waals surface area contributed by atoms with Crippen molar-refractivity contribution in [2.45, 2.75) is 0 Å². The zero-order valence-electron chi connectivity index (χ0n) is 21.4. The summed E-state index contributed by atoms with van der Waals surface area (Å²) in [6.45, 7) is 0.105. The quantitative estimate of drug-likeness (QED) is 0.0916. The molecule has 0 saturated carbocycles. The van der Waals surface area contributed by atoms with Crippen molar-refractivity contribution in [3.8, 4) is 17.2 Å². The molecule has 0 bridgehead atoms. The standard InChI is InChI=1S/C31H22BrN3O6/c32-24-12-14-26(41-31(38)22-9-5-2-6-10-22)23(17-24)18-33-35-30(37)25(34-29(36)21-7-3-1-4-8-21)15-20-11-13-27-28(16-20)40-19-39-27/h1-18H,19H2,(H,34,36)(H,35,37)/b25-15-,33-18+. The highest BCUT2D eigenvalue weighted by Crippen LogP contribution is 2.33. The van der Waals surface area contributed by atoms with E-state index in [1.807, 2.05) is 0 Å². The summed E-state index contributed by atoms with van der Waals surface area (Å²) in [4.78, 5) is 38.6. The number of esters is 1. The molecule has 0 fully saturated rings. The van der Waals surface area contributed by atoms with E-state index in [0.717, 1.165) is 0 Å². The number of benzene rings is 4. The molecule has 9 nitrogen and oxygen atoms in total. The lowest BCUT2D eigenvalue weighted by Gasteiger charge is -2.10. The molecule has 0 aliphatic carbocycles. The molecule has 0 saturated heterocycles. The molecule has 1 aliphatic heterocycles. The monoisotopic (exact) mass is 611 g/mol. The Morgan fingerprint density at radius 2 is 1.54 bits per heavy atom. The third-order valence-electron chi connectivity index (χ3n) is 5.79. The van der Waals surface area contributed by atoms with Gasteiger partial charge in [-0.2, -0.15) is 5.10 Å². The lowest BCUT2D eigenvalue weighted by atomic mass is 10.1. The maximum Gasteiger partial charge on any atom is 0.343 e. The molecular weight excluding hydrogens is 590 g/mol. The van der Waals surface area contributed by atoms with Crippen LogP contribution in [0.5, 0.6) is 17.2 Å². The summed E-state index contributed by atoms with van der Waals surface area (Å²) in [5, 5.41) is 6.70. The van der Waals surface area contributed by atoms with Gasteiger partial charge in [-0.05, 0) is 66.2 Å². The number of hydrogen-bond donors (Lipinski definition) is 2. The van der Waals surface area contributed by atoms with E-state index in [0.29, 0.717) is 38.2 Å². The predicted molar refractivity (Wildman–Crippen MR) is 156 cm³/mol. The van der Waals surface area contributed by atoms with Gasteiger partial charge in [-0.15, -0.1) is 0 Å². The van der Waals surface area contributed by atoms with Gasteiger partial charge in [0.15, 0.2) is 11.5 Å². The zero-order valence-corrected chi connectivity index (χ0v) is 23.0. The SMILES string of the molecule is O=C(N/N=C/c1cc(Br)ccc1OC(=O)c1ccccc1)/C(=C/c1ccc2c(c1)OCO2)NC(=O)c1ccccc1. The van der Waals surface area contributed by atoms with Crippen LogP contribution in [0.15, 0.2) is 112 Å². The van der Waals surface area contributed by atoms with Crippen molar-refractivity contribution in [1.82, 2.24) is 10.7 Å². The molecule has 4 aromatic rings. The van der Waals surface area contributed by atoms with Crippen LogP contribution < -0.4 is 25.0 Å². The van der Waals surface area contributed by atoms with E-state index in [9.17, 15) is 14.4 Å². The van der Waals surface area contributed by atoms with Gasteiger partial charge in [-0.25, -0.2) is 10.2 Å². The van der Waals surface area contributed by atoms with Crippen LogP contribution >= 0.6 is 15.9 Å². The summed E-state index contributed by atoms with van der Waals surface area (Å²) < 4.78 is 17.0. The summed E-state index contributed by atoms with van der Waals surface area (Å²) in [6, 6.07) is 27.2. The van der Waals surface area contributed by atoms with Gasteiger partial charge in [-0.3, -0.25) is 9.59 Å². The number of carbonyl (C=O) groups is 3. The molecule has 10 heteroatoms. The average Bonchev–Trinajstić information content (AvgIpc) is 3.47. The van der Waals surface area contributed by atoms with Crippen molar-refractivity contribution in [1.29, 1.82) is 0 Å². The van der Waals surface area contributed by atoms with Crippen LogP contribution in [0.1, 0.15) is 31.8 Å². The van der Waals surface area contributed by atoms with Crippen molar-refractivity contribution in [2.75, 3.05) is 6.79 Å². The normalized spacial score (nSPS) is 12.2. The number of carbonyl (C=O) groups excluding carboxylic acids is 3. The summed E-state index contributed by atoms with van der Waals surface area (Å²) >= 11 is 3.39. The number of amides is 2. The van der Waals surface area contributed by atoms with Crippen molar-refractivity contribution in [3.05, 3.63) is 129 Å². The molecule has 204 valence electrons. The third kappa shape index (κ3) is 7.06. The Morgan fingerprint density at radius 3 is 2.29 bits per heavy atom.